The molecule has 0 heterocycles. The Balaban J connectivity index is 3.59. The van der Waals surface area contributed by atoms with Crippen LogP contribution in [0, 0.1) is 0 Å². The van der Waals surface area contributed by atoms with Gasteiger partial charge < -0.3 is 4.74 Å². The number of hydrogen-bond donors (Lipinski definition) is 0. The molecular weight excluding hydrogens is 196 g/mol. The van der Waals surface area contributed by atoms with Crippen molar-refractivity contribution < 1.29 is 4.74 Å². The van der Waals surface area contributed by atoms with E-state index in [1.807, 2.05) is 6.92 Å². The quantitative estimate of drug-likeness (QED) is 0.515. The average molecular weight is 211 g/mol. The molecule has 0 aliphatic heterocycles. The van der Waals surface area contributed by atoms with Gasteiger partial charge in [-0.3, -0.25) is 0 Å². The van der Waals surface area contributed by atoms with Crippen molar-refractivity contribution >= 4 is 24.0 Å². The summed E-state index contributed by atoms with van der Waals surface area (Å²) in [6.45, 7) is 9.67. The van der Waals surface area contributed by atoms with Crippen molar-refractivity contribution in [3.05, 3.63) is 0 Å². The summed E-state index contributed by atoms with van der Waals surface area (Å²) in [6, 6.07) is 0. The van der Waals surface area contributed by atoms with Crippen LogP contribution in [-0.4, -0.2) is 19.3 Å². The van der Waals surface area contributed by atoms with Crippen molar-refractivity contribution in [2.24, 2.45) is 0 Å². The Morgan fingerprint density at radius 3 is 2.00 bits per heavy atom. The molecule has 0 radical (unpaired) electrons. The maximum Gasteiger partial charge on any atom is 0.100 e. The monoisotopic (exact) mass is 210 g/mol. The highest BCUT2D eigenvalue weighted by molar-refractivity contribution is 9.10. The van der Waals surface area contributed by atoms with Gasteiger partial charge in [0, 0.05) is 6.61 Å². The maximum atomic E-state index is 5.38. The van der Waals surface area contributed by atoms with Gasteiger partial charge in [-0.25, -0.2) is 0 Å². The molecule has 3 heteroatoms. The Morgan fingerprint density at radius 2 is 1.89 bits per heavy atom. The molecule has 0 aliphatic rings. The van der Waals surface area contributed by atoms with E-state index >= 15 is 0 Å². The van der Waals surface area contributed by atoms with Crippen LogP contribution in [-0.2, 0) is 4.74 Å². The van der Waals surface area contributed by atoms with Gasteiger partial charge in [0.05, 0.1) is 8.07 Å². The lowest BCUT2D eigenvalue weighted by Crippen LogP contribution is -2.35. The van der Waals surface area contributed by atoms with Crippen molar-refractivity contribution in [2.75, 3.05) is 6.61 Å². The zero-order chi connectivity index (χ0) is 7.49. The molecule has 1 nitrogen and oxygen atoms in total. The largest absolute Gasteiger partial charge is 0.371 e. The van der Waals surface area contributed by atoms with Crippen molar-refractivity contribution in [1.29, 1.82) is 0 Å². The van der Waals surface area contributed by atoms with Gasteiger partial charge in [0.15, 0.2) is 0 Å². The second kappa shape index (κ2) is 3.74. The van der Waals surface area contributed by atoms with Gasteiger partial charge in [0.25, 0.3) is 0 Å². The number of hydrogen-bond acceptors (Lipinski definition) is 1. The Kier molecular flexibility index (Phi) is 4.01. The molecule has 56 valence electrons. The minimum atomic E-state index is -1.09. The van der Waals surface area contributed by atoms with Crippen molar-refractivity contribution in [3.63, 3.8) is 0 Å². The number of rotatable bonds is 3. The van der Waals surface area contributed by atoms with Crippen LogP contribution in [0.1, 0.15) is 6.92 Å². The third-order valence-electron chi connectivity index (χ3n) is 0.994. The molecule has 0 aromatic rings. The van der Waals surface area contributed by atoms with E-state index in [-0.39, 0.29) is 0 Å². The van der Waals surface area contributed by atoms with E-state index in [9.17, 15) is 0 Å². The topological polar surface area (TPSA) is 9.23 Å². The summed E-state index contributed by atoms with van der Waals surface area (Å²) < 4.78 is 5.70. The van der Waals surface area contributed by atoms with Crippen LogP contribution in [0.2, 0.25) is 19.6 Å². The third-order valence-corrected chi connectivity index (χ3v) is 6.91. The van der Waals surface area contributed by atoms with E-state index in [1.165, 1.54) is 0 Å². The third kappa shape index (κ3) is 4.11. The summed E-state index contributed by atoms with van der Waals surface area (Å²) >= 11 is 3.50. The summed E-state index contributed by atoms with van der Waals surface area (Å²) in [7, 11) is -1.09. The van der Waals surface area contributed by atoms with Gasteiger partial charge in [-0.15, -0.1) is 0 Å². The van der Waals surface area contributed by atoms with Crippen molar-refractivity contribution in [1.82, 2.24) is 0 Å². The fraction of sp³-hybridized carbons (Fsp3) is 1.00. The standard InChI is InChI=1S/C6H15BrOSi/c1-5-8-6(7)9(2,3)4/h6H,5H2,1-4H3. The molecule has 1 unspecified atom stereocenters. The highest BCUT2D eigenvalue weighted by Gasteiger charge is 2.23. The first kappa shape index (κ1) is 9.66. The normalized spacial score (nSPS) is 15.7. The average Bonchev–Trinajstić information content (AvgIpc) is 1.64. The van der Waals surface area contributed by atoms with E-state index in [1.54, 1.807) is 0 Å². The van der Waals surface area contributed by atoms with Gasteiger partial charge in [-0.2, -0.15) is 0 Å². The van der Waals surface area contributed by atoms with Crippen molar-refractivity contribution in [3.8, 4) is 0 Å². The predicted octanol–water partition coefficient (Wildman–Crippen LogP) is 2.62. The van der Waals surface area contributed by atoms with E-state index < -0.39 is 8.07 Å². The molecule has 0 amide bonds. The van der Waals surface area contributed by atoms with Crippen LogP contribution < -0.4 is 0 Å². The zero-order valence-electron chi connectivity index (χ0n) is 6.57. The highest BCUT2D eigenvalue weighted by Crippen LogP contribution is 2.16. The molecule has 1 atom stereocenters. The Hall–Kier alpha value is 0.657. The molecule has 0 bridgehead atoms. The van der Waals surface area contributed by atoms with E-state index in [2.05, 4.69) is 35.6 Å². The molecule has 0 aromatic carbocycles. The summed E-state index contributed by atoms with van der Waals surface area (Å²) in [6.07, 6.45) is 0. The van der Waals surface area contributed by atoms with Crippen LogP contribution in [0.15, 0.2) is 0 Å². The number of halogens is 1. The van der Waals surface area contributed by atoms with Crippen LogP contribution in [0.4, 0.5) is 0 Å². The van der Waals surface area contributed by atoms with Gasteiger partial charge >= 0.3 is 0 Å². The van der Waals surface area contributed by atoms with Gasteiger partial charge in [0.2, 0.25) is 0 Å². The van der Waals surface area contributed by atoms with E-state index in [0.29, 0.717) is 4.64 Å². The minimum absolute atomic E-state index is 0.315. The molecule has 0 saturated carbocycles. The molecule has 0 fully saturated rings. The summed E-state index contributed by atoms with van der Waals surface area (Å²) in [5, 5.41) is 0. The first-order chi connectivity index (χ1) is 3.98. The summed E-state index contributed by atoms with van der Waals surface area (Å²) in [5.74, 6) is 0. The Bertz CT molecular complexity index is 79.6. The van der Waals surface area contributed by atoms with Crippen LogP contribution in [0.25, 0.3) is 0 Å². The predicted molar refractivity (Wildman–Crippen MR) is 47.7 cm³/mol. The molecule has 0 saturated heterocycles. The summed E-state index contributed by atoms with van der Waals surface area (Å²) in [5.41, 5.74) is 0. The molecule has 0 aromatic heterocycles. The Morgan fingerprint density at radius 1 is 1.44 bits per heavy atom. The second-order valence-corrected chi connectivity index (χ2v) is 10.1. The first-order valence-corrected chi connectivity index (χ1v) is 7.73. The zero-order valence-corrected chi connectivity index (χ0v) is 9.16. The van der Waals surface area contributed by atoms with Gasteiger partial charge in [-0.05, 0) is 6.92 Å². The first-order valence-electron chi connectivity index (χ1n) is 3.24. The van der Waals surface area contributed by atoms with E-state index in [0.717, 1.165) is 6.61 Å². The number of ether oxygens (including phenoxy) is 1. The smallest absolute Gasteiger partial charge is 0.100 e. The fourth-order valence-electron chi connectivity index (χ4n) is 0.396. The molecule has 0 N–H and O–H groups in total. The summed E-state index contributed by atoms with van der Waals surface area (Å²) in [4.78, 5) is 0. The number of alkyl halides is 1. The SMILES string of the molecule is CCOC(Br)[Si](C)(C)C. The van der Waals surface area contributed by atoms with Crippen molar-refractivity contribution in [2.45, 2.75) is 31.2 Å². The maximum absolute atomic E-state index is 5.38. The van der Waals surface area contributed by atoms with Crippen LogP contribution in [0.5, 0.6) is 0 Å². The molecule has 9 heavy (non-hydrogen) atoms. The highest BCUT2D eigenvalue weighted by atomic mass is 79.9. The second-order valence-electron chi connectivity index (χ2n) is 3.14. The lowest BCUT2D eigenvalue weighted by Gasteiger charge is -2.22. The molecule has 0 spiro atoms. The lowest BCUT2D eigenvalue weighted by atomic mass is 10.9. The minimum Gasteiger partial charge on any atom is -0.371 e. The lowest BCUT2D eigenvalue weighted by molar-refractivity contribution is 0.171. The van der Waals surface area contributed by atoms with Crippen LogP contribution >= 0.6 is 15.9 Å². The van der Waals surface area contributed by atoms with Gasteiger partial charge in [0.1, 0.15) is 4.64 Å². The fourth-order valence-corrected chi connectivity index (χ4v) is 1.33. The van der Waals surface area contributed by atoms with Gasteiger partial charge in [-0.1, -0.05) is 35.6 Å². The molecule has 0 rings (SSSR count). The van der Waals surface area contributed by atoms with E-state index in [4.69, 9.17) is 4.74 Å². The van der Waals surface area contributed by atoms with Crippen LogP contribution in [0.3, 0.4) is 0 Å². The Labute approximate surface area is 66.9 Å². The molecular formula is C6H15BrOSi. The molecule has 0 aliphatic carbocycles.